The normalized spacial score (nSPS) is 11.3. The van der Waals surface area contributed by atoms with Gasteiger partial charge in [-0.3, -0.25) is 19.2 Å². The van der Waals surface area contributed by atoms with E-state index in [2.05, 4.69) is 26.4 Å². The predicted octanol–water partition coefficient (Wildman–Crippen LogP) is 3.96. The van der Waals surface area contributed by atoms with E-state index in [4.69, 9.17) is 22.5 Å². The number of aromatic nitrogens is 3. The molecular formula is C31H36ClN9O5S. The maximum Gasteiger partial charge on any atom is 0.272 e. The SMILES string of the molecule is Cc1cc(C(=O)Nc2cc(C(=O)Nc3cc(C(=O)Nc4cc(C(=O)NCCC(N)=NO)n(C)c4)n(C)c3)n(C)c2)ccc1SCCCl. The Morgan fingerprint density at radius 2 is 1.30 bits per heavy atom. The molecule has 0 atom stereocenters. The standard InChI is InChI=1S/C31H36ClN9O5S/c1-18-11-19(5-6-26(18)47-10-8-32)28(42)35-20-13-24(40(3)15-20)30(44)37-22-14-25(41(4)17-22)31(45)36-21-12-23(39(2)16-21)29(43)34-9-7-27(33)38-46/h5-6,11-17,46H,7-10H2,1-4H3,(H2,33,38)(H,34,43)(H,35,42)(H,36,45)(H,37,44). The summed E-state index contributed by atoms with van der Waals surface area (Å²) in [5.41, 5.74) is 8.96. The quantitative estimate of drug-likeness (QED) is 0.0307. The lowest BCUT2D eigenvalue weighted by atomic mass is 10.1. The molecule has 0 fully saturated rings. The summed E-state index contributed by atoms with van der Waals surface area (Å²) in [7, 11) is 5.01. The lowest BCUT2D eigenvalue weighted by Crippen LogP contribution is -2.29. The van der Waals surface area contributed by atoms with Crippen molar-refractivity contribution in [2.75, 3.05) is 34.1 Å². The molecule has 0 aliphatic heterocycles. The summed E-state index contributed by atoms with van der Waals surface area (Å²) in [6.07, 6.45) is 5.00. The number of hydrogen-bond acceptors (Lipinski definition) is 7. The topological polar surface area (TPSA) is 190 Å². The number of amides is 4. The molecule has 1 aromatic carbocycles. The van der Waals surface area contributed by atoms with Gasteiger partial charge in [-0.1, -0.05) is 5.16 Å². The fraction of sp³-hybridized carbons (Fsp3) is 0.258. The summed E-state index contributed by atoms with van der Waals surface area (Å²) in [5, 5.41) is 22.5. The van der Waals surface area contributed by atoms with Gasteiger partial charge in [0, 0.05) is 74.8 Å². The van der Waals surface area contributed by atoms with Crippen LogP contribution in [-0.4, -0.2) is 66.6 Å². The molecule has 4 amide bonds. The summed E-state index contributed by atoms with van der Waals surface area (Å²) >= 11 is 7.42. The van der Waals surface area contributed by atoms with Crippen molar-refractivity contribution in [1.29, 1.82) is 0 Å². The number of halogens is 1. The average Bonchev–Trinajstić information content (AvgIpc) is 3.71. The smallest absolute Gasteiger partial charge is 0.272 e. The molecule has 0 aliphatic carbocycles. The minimum atomic E-state index is -0.456. The van der Waals surface area contributed by atoms with E-state index >= 15 is 0 Å². The molecule has 248 valence electrons. The number of nitrogens with zero attached hydrogens (tertiary/aromatic N) is 4. The van der Waals surface area contributed by atoms with Gasteiger partial charge in [0.25, 0.3) is 23.6 Å². The fourth-order valence-electron chi connectivity index (χ4n) is 4.72. The van der Waals surface area contributed by atoms with E-state index in [0.717, 1.165) is 16.2 Å². The van der Waals surface area contributed by atoms with E-state index in [-0.39, 0.29) is 30.4 Å². The Labute approximate surface area is 280 Å². The third kappa shape index (κ3) is 8.77. The Balaban J connectivity index is 1.37. The largest absolute Gasteiger partial charge is 0.409 e. The van der Waals surface area contributed by atoms with Crippen molar-refractivity contribution in [3.63, 3.8) is 0 Å². The number of hydrogen-bond donors (Lipinski definition) is 6. The number of carbonyl (C=O) groups is 4. The molecule has 3 heterocycles. The Kier molecular flexibility index (Phi) is 11.4. The first kappa shape index (κ1) is 34.7. The number of nitrogens with one attached hydrogen (secondary N) is 4. The van der Waals surface area contributed by atoms with Gasteiger partial charge in [0.05, 0.1) is 17.1 Å². The van der Waals surface area contributed by atoms with Crippen LogP contribution in [0.5, 0.6) is 0 Å². The first-order chi connectivity index (χ1) is 22.4. The number of nitrogens with two attached hydrogens (primary N) is 1. The second-order valence-electron chi connectivity index (χ2n) is 10.7. The monoisotopic (exact) mass is 681 g/mol. The molecule has 3 aromatic heterocycles. The maximum absolute atomic E-state index is 13.2. The van der Waals surface area contributed by atoms with Gasteiger partial charge < -0.3 is 45.9 Å². The molecule has 47 heavy (non-hydrogen) atoms. The molecule has 4 aromatic rings. The van der Waals surface area contributed by atoms with Gasteiger partial charge in [0.1, 0.15) is 22.9 Å². The van der Waals surface area contributed by atoms with Gasteiger partial charge >= 0.3 is 0 Å². The third-order valence-electron chi connectivity index (χ3n) is 7.05. The summed E-state index contributed by atoms with van der Waals surface area (Å²) < 4.78 is 4.71. The fourth-order valence-corrected chi connectivity index (χ4v) is 5.69. The van der Waals surface area contributed by atoms with Gasteiger partial charge in [-0.2, -0.15) is 0 Å². The summed E-state index contributed by atoms with van der Waals surface area (Å²) in [6.45, 7) is 2.11. The van der Waals surface area contributed by atoms with Crippen molar-refractivity contribution >= 4 is 69.9 Å². The van der Waals surface area contributed by atoms with Gasteiger partial charge in [-0.05, 0) is 48.9 Å². The van der Waals surface area contributed by atoms with Crippen LogP contribution in [0.2, 0.25) is 0 Å². The second-order valence-corrected chi connectivity index (χ2v) is 12.2. The van der Waals surface area contributed by atoms with Gasteiger partial charge in [0.2, 0.25) is 0 Å². The second kappa shape index (κ2) is 15.4. The van der Waals surface area contributed by atoms with E-state index in [1.54, 1.807) is 77.3 Å². The molecule has 4 rings (SSSR count). The number of anilines is 3. The molecule has 0 unspecified atom stereocenters. The van der Waals surface area contributed by atoms with Crippen molar-refractivity contribution in [3.05, 3.63) is 83.2 Å². The maximum atomic E-state index is 13.2. The van der Waals surface area contributed by atoms with Crippen LogP contribution in [0.15, 0.2) is 65.0 Å². The molecule has 14 nitrogen and oxygen atoms in total. The zero-order chi connectivity index (χ0) is 34.2. The van der Waals surface area contributed by atoms with Crippen LogP contribution in [0.1, 0.15) is 53.8 Å². The zero-order valence-corrected chi connectivity index (χ0v) is 27.8. The Morgan fingerprint density at radius 3 is 1.77 bits per heavy atom. The molecule has 0 saturated carbocycles. The van der Waals surface area contributed by atoms with Crippen LogP contribution in [0, 0.1) is 6.92 Å². The summed E-state index contributed by atoms with van der Waals surface area (Å²) in [5.74, 6) is -0.285. The Hall–Kier alpha value is -5.15. The van der Waals surface area contributed by atoms with Crippen LogP contribution in [-0.2, 0) is 21.1 Å². The minimum absolute atomic E-state index is 0.00784. The molecule has 0 bridgehead atoms. The van der Waals surface area contributed by atoms with Crippen molar-refractivity contribution in [3.8, 4) is 0 Å². The van der Waals surface area contributed by atoms with E-state index < -0.39 is 17.7 Å². The highest BCUT2D eigenvalue weighted by atomic mass is 35.5. The van der Waals surface area contributed by atoms with E-state index in [1.807, 2.05) is 19.1 Å². The van der Waals surface area contributed by atoms with Gasteiger partial charge in [0.15, 0.2) is 0 Å². The zero-order valence-electron chi connectivity index (χ0n) is 26.3. The van der Waals surface area contributed by atoms with Crippen molar-refractivity contribution in [2.45, 2.75) is 18.2 Å². The number of alkyl halides is 1. The molecule has 0 saturated heterocycles. The predicted molar refractivity (Wildman–Crippen MR) is 183 cm³/mol. The Bertz CT molecular complexity index is 1840. The highest BCUT2D eigenvalue weighted by molar-refractivity contribution is 7.99. The van der Waals surface area contributed by atoms with Crippen molar-refractivity contribution in [1.82, 2.24) is 19.0 Å². The Morgan fingerprint density at radius 1 is 0.809 bits per heavy atom. The highest BCUT2D eigenvalue weighted by Gasteiger charge is 2.19. The van der Waals surface area contributed by atoms with Gasteiger partial charge in [-0.25, -0.2) is 0 Å². The van der Waals surface area contributed by atoms with Crippen molar-refractivity contribution < 1.29 is 24.4 Å². The highest BCUT2D eigenvalue weighted by Crippen LogP contribution is 2.24. The molecule has 16 heteroatoms. The van der Waals surface area contributed by atoms with Crippen LogP contribution >= 0.6 is 23.4 Å². The van der Waals surface area contributed by atoms with Crippen molar-refractivity contribution in [2.24, 2.45) is 32.0 Å². The number of aryl methyl sites for hydroxylation is 4. The molecule has 0 spiro atoms. The molecule has 7 N–H and O–H groups in total. The average molecular weight is 682 g/mol. The van der Waals surface area contributed by atoms with Crippen LogP contribution in [0.3, 0.4) is 0 Å². The lowest BCUT2D eigenvalue weighted by Gasteiger charge is -2.08. The summed E-state index contributed by atoms with van der Waals surface area (Å²) in [6, 6.07) is 10.1. The minimum Gasteiger partial charge on any atom is -0.409 e. The number of thioether (sulfide) groups is 1. The molecule has 0 aliphatic rings. The molecule has 0 radical (unpaired) electrons. The van der Waals surface area contributed by atoms with E-state index in [0.29, 0.717) is 39.9 Å². The van der Waals surface area contributed by atoms with Crippen LogP contribution in [0.25, 0.3) is 0 Å². The first-order valence-electron chi connectivity index (χ1n) is 14.4. The number of oxime groups is 1. The molecular weight excluding hydrogens is 646 g/mol. The third-order valence-corrected chi connectivity index (χ3v) is 8.64. The number of carbonyl (C=O) groups excluding carboxylic acids is 4. The van der Waals surface area contributed by atoms with Crippen LogP contribution < -0.4 is 27.0 Å². The van der Waals surface area contributed by atoms with Gasteiger partial charge in [-0.15, -0.1) is 23.4 Å². The van der Waals surface area contributed by atoms with E-state index in [9.17, 15) is 19.2 Å². The van der Waals surface area contributed by atoms with Crippen LogP contribution in [0.4, 0.5) is 17.1 Å². The summed E-state index contributed by atoms with van der Waals surface area (Å²) in [4.78, 5) is 52.7. The number of amidine groups is 1. The lowest BCUT2D eigenvalue weighted by molar-refractivity contribution is 0.0944. The first-order valence-corrected chi connectivity index (χ1v) is 15.9. The van der Waals surface area contributed by atoms with E-state index in [1.165, 1.54) is 12.1 Å². The number of rotatable bonds is 13. The number of benzene rings is 1.